The second-order valence-electron chi connectivity index (χ2n) is 5.80. The molecule has 2 amide bonds. The first kappa shape index (κ1) is 16.6. The molecule has 0 bridgehead atoms. The van der Waals surface area contributed by atoms with Gasteiger partial charge in [0.1, 0.15) is 11.3 Å². The minimum absolute atomic E-state index is 0.0692. The van der Waals surface area contributed by atoms with E-state index in [9.17, 15) is 9.59 Å². The molecule has 1 saturated heterocycles. The Morgan fingerprint density at radius 2 is 1.80 bits per heavy atom. The highest BCUT2D eigenvalue weighted by Gasteiger charge is 2.34. The summed E-state index contributed by atoms with van der Waals surface area (Å²) in [6, 6.07) is 14.6. The standard InChI is InChI=1S/C19H19N3O3/c1-21(2)15-10-9-13(17(12-15)25-3)11-16-18(23)20-22(19(16)24)14-7-5-4-6-8-14/h4-12H,1-3H3,(H,20,23)/b16-11-. The fourth-order valence-corrected chi connectivity index (χ4v) is 2.57. The zero-order chi connectivity index (χ0) is 18.0. The lowest BCUT2D eigenvalue weighted by Crippen LogP contribution is -2.35. The van der Waals surface area contributed by atoms with Gasteiger partial charge in [0.05, 0.1) is 12.8 Å². The largest absolute Gasteiger partial charge is 0.496 e. The summed E-state index contributed by atoms with van der Waals surface area (Å²) in [5, 5.41) is 1.24. The van der Waals surface area contributed by atoms with E-state index in [1.165, 1.54) is 5.01 Å². The molecule has 0 aromatic heterocycles. The number of methoxy groups -OCH3 is 1. The van der Waals surface area contributed by atoms with Crippen molar-refractivity contribution in [3.63, 3.8) is 0 Å². The third kappa shape index (κ3) is 3.19. The van der Waals surface area contributed by atoms with Crippen molar-refractivity contribution in [1.82, 2.24) is 5.43 Å². The fraction of sp³-hybridized carbons (Fsp3) is 0.158. The third-order valence-electron chi connectivity index (χ3n) is 3.94. The topological polar surface area (TPSA) is 61.9 Å². The molecule has 1 aliphatic heterocycles. The Kier molecular flexibility index (Phi) is 4.43. The molecule has 1 heterocycles. The average Bonchev–Trinajstić information content (AvgIpc) is 2.90. The van der Waals surface area contributed by atoms with Crippen molar-refractivity contribution < 1.29 is 14.3 Å². The molecule has 1 N–H and O–H groups in total. The first-order valence-corrected chi connectivity index (χ1v) is 7.79. The Bertz CT molecular complexity index is 844. The molecule has 3 rings (SSSR count). The van der Waals surface area contributed by atoms with Gasteiger partial charge in [0.15, 0.2) is 0 Å². The summed E-state index contributed by atoms with van der Waals surface area (Å²) in [6.45, 7) is 0. The summed E-state index contributed by atoms with van der Waals surface area (Å²) < 4.78 is 5.40. The van der Waals surface area contributed by atoms with Gasteiger partial charge in [-0.3, -0.25) is 15.0 Å². The first-order chi connectivity index (χ1) is 12.0. The number of ether oxygens (including phenoxy) is 1. The van der Waals surface area contributed by atoms with E-state index in [2.05, 4.69) is 5.43 Å². The maximum absolute atomic E-state index is 12.6. The molecular formula is C19H19N3O3. The lowest BCUT2D eigenvalue weighted by molar-refractivity contribution is -0.117. The third-order valence-corrected chi connectivity index (χ3v) is 3.94. The van der Waals surface area contributed by atoms with Gasteiger partial charge in [-0.1, -0.05) is 18.2 Å². The monoisotopic (exact) mass is 337 g/mol. The minimum Gasteiger partial charge on any atom is -0.496 e. The van der Waals surface area contributed by atoms with Crippen LogP contribution in [0, 0.1) is 0 Å². The van der Waals surface area contributed by atoms with Crippen LogP contribution in [0.2, 0.25) is 0 Å². The summed E-state index contributed by atoms with van der Waals surface area (Å²) in [6.07, 6.45) is 1.55. The van der Waals surface area contributed by atoms with Crippen LogP contribution in [0.4, 0.5) is 11.4 Å². The van der Waals surface area contributed by atoms with E-state index >= 15 is 0 Å². The number of hydrogen-bond donors (Lipinski definition) is 1. The van der Waals surface area contributed by atoms with Crippen molar-refractivity contribution in [2.24, 2.45) is 0 Å². The number of rotatable bonds is 4. The number of para-hydroxylation sites is 1. The lowest BCUT2D eigenvalue weighted by Gasteiger charge is -2.15. The van der Waals surface area contributed by atoms with Gasteiger partial charge in [-0.2, -0.15) is 0 Å². The average molecular weight is 337 g/mol. The van der Waals surface area contributed by atoms with E-state index in [1.807, 2.05) is 43.3 Å². The van der Waals surface area contributed by atoms with Crippen LogP contribution in [0.1, 0.15) is 5.56 Å². The molecule has 2 aromatic carbocycles. The van der Waals surface area contributed by atoms with Crippen LogP contribution < -0.4 is 20.1 Å². The minimum atomic E-state index is -0.437. The van der Waals surface area contributed by atoms with E-state index in [0.29, 0.717) is 17.0 Å². The Labute approximate surface area is 146 Å². The molecule has 0 unspecified atom stereocenters. The molecule has 1 fully saturated rings. The molecule has 6 heteroatoms. The van der Waals surface area contributed by atoms with Gasteiger partial charge in [-0.15, -0.1) is 0 Å². The summed E-state index contributed by atoms with van der Waals surface area (Å²) >= 11 is 0. The van der Waals surface area contributed by atoms with E-state index < -0.39 is 11.8 Å². The van der Waals surface area contributed by atoms with Crippen LogP contribution >= 0.6 is 0 Å². The van der Waals surface area contributed by atoms with Crippen molar-refractivity contribution in [3.8, 4) is 5.75 Å². The zero-order valence-corrected chi connectivity index (χ0v) is 14.3. The lowest BCUT2D eigenvalue weighted by atomic mass is 10.1. The van der Waals surface area contributed by atoms with Crippen LogP contribution in [0.25, 0.3) is 6.08 Å². The van der Waals surface area contributed by atoms with Crippen LogP contribution in [0.5, 0.6) is 5.75 Å². The number of amides is 2. The summed E-state index contributed by atoms with van der Waals surface area (Å²) in [4.78, 5) is 26.8. The highest BCUT2D eigenvalue weighted by atomic mass is 16.5. The number of hydrogen-bond acceptors (Lipinski definition) is 4. The van der Waals surface area contributed by atoms with Gasteiger partial charge in [0, 0.05) is 31.4 Å². The van der Waals surface area contributed by atoms with Crippen molar-refractivity contribution in [2.75, 3.05) is 31.1 Å². The highest BCUT2D eigenvalue weighted by molar-refractivity contribution is 6.31. The summed E-state index contributed by atoms with van der Waals surface area (Å²) in [5.41, 5.74) is 4.90. The predicted molar refractivity (Wildman–Crippen MR) is 97.4 cm³/mol. The summed E-state index contributed by atoms with van der Waals surface area (Å²) in [5.74, 6) is -0.236. The van der Waals surface area contributed by atoms with Gasteiger partial charge < -0.3 is 9.64 Å². The molecule has 0 spiro atoms. The highest BCUT2D eigenvalue weighted by Crippen LogP contribution is 2.28. The summed E-state index contributed by atoms with van der Waals surface area (Å²) in [7, 11) is 5.42. The SMILES string of the molecule is COc1cc(N(C)C)ccc1/C=C1/C(=O)NN(c2ccccc2)C1=O. The van der Waals surface area contributed by atoms with Crippen LogP contribution in [-0.2, 0) is 9.59 Å². The van der Waals surface area contributed by atoms with Crippen molar-refractivity contribution in [3.05, 3.63) is 59.7 Å². The molecule has 0 saturated carbocycles. The number of hydrazine groups is 1. The molecule has 128 valence electrons. The van der Waals surface area contributed by atoms with E-state index in [4.69, 9.17) is 4.74 Å². The van der Waals surface area contributed by atoms with Gasteiger partial charge >= 0.3 is 0 Å². The van der Waals surface area contributed by atoms with Gasteiger partial charge in [0.25, 0.3) is 11.8 Å². The van der Waals surface area contributed by atoms with Gasteiger partial charge in [-0.25, -0.2) is 5.01 Å². The van der Waals surface area contributed by atoms with E-state index in [-0.39, 0.29) is 5.57 Å². The van der Waals surface area contributed by atoms with Gasteiger partial charge in [0.2, 0.25) is 0 Å². The Hall–Kier alpha value is -3.28. The number of benzene rings is 2. The second-order valence-corrected chi connectivity index (χ2v) is 5.80. The molecule has 0 atom stereocenters. The molecule has 0 aliphatic carbocycles. The Balaban J connectivity index is 1.96. The molecule has 25 heavy (non-hydrogen) atoms. The Morgan fingerprint density at radius 1 is 1.08 bits per heavy atom. The number of anilines is 2. The normalized spacial score (nSPS) is 15.5. The van der Waals surface area contributed by atoms with Crippen LogP contribution in [-0.4, -0.2) is 33.0 Å². The van der Waals surface area contributed by atoms with Crippen LogP contribution in [0.15, 0.2) is 54.1 Å². The van der Waals surface area contributed by atoms with Crippen molar-refractivity contribution >= 4 is 29.3 Å². The zero-order valence-electron chi connectivity index (χ0n) is 14.3. The molecule has 1 aliphatic rings. The quantitative estimate of drug-likeness (QED) is 0.686. The molecule has 6 nitrogen and oxygen atoms in total. The number of nitrogens with one attached hydrogen (secondary N) is 1. The Morgan fingerprint density at radius 3 is 2.44 bits per heavy atom. The number of carbonyl (C=O) groups excluding carboxylic acids is 2. The molecule has 2 aromatic rings. The maximum Gasteiger partial charge on any atom is 0.282 e. The molecule has 0 radical (unpaired) electrons. The fourth-order valence-electron chi connectivity index (χ4n) is 2.57. The number of carbonyl (C=O) groups is 2. The van der Waals surface area contributed by atoms with E-state index in [0.717, 1.165) is 5.69 Å². The van der Waals surface area contributed by atoms with Crippen molar-refractivity contribution in [2.45, 2.75) is 0 Å². The predicted octanol–water partition coefficient (Wildman–Crippen LogP) is 2.22. The smallest absolute Gasteiger partial charge is 0.282 e. The maximum atomic E-state index is 12.6. The van der Waals surface area contributed by atoms with E-state index in [1.54, 1.807) is 37.5 Å². The van der Waals surface area contributed by atoms with Crippen molar-refractivity contribution in [1.29, 1.82) is 0 Å². The second kappa shape index (κ2) is 6.68. The van der Waals surface area contributed by atoms with Gasteiger partial charge in [-0.05, 0) is 30.3 Å². The first-order valence-electron chi connectivity index (χ1n) is 7.79. The number of nitrogens with zero attached hydrogens (tertiary/aromatic N) is 2. The molecular weight excluding hydrogens is 318 g/mol. The van der Waals surface area contributed by atoms with Crippen LogP contribution in [0.3, 0.4) is 0 Å².